The minimum Gasteiger partial charge on any atom is -0.467 e. The summed E-state index contributed by atoms with van der Waals surface area (Å²) in [6.07, 6.45) is 1.75. The Kier molecular flexibility index (Phi) is 4.29. The van der Waals surface area contributed by atoms with E-state index in [1.807, 2.05) is 0 Å². The topological polar surface area (TPSA) is 70.1 Å². The van der Waals surface area contributed by atoms with Crippen LogP contribution in [0.5, 0.6) is 0 Å². The van der Waals surface area contributed by atoms with Crippen LogP contribution in [0, 0.1) is 5.92 Å². The number of aliphatic hydroxyl groups excluding tert-OH is 1. The largest absolute Gasteiger partial charge is 0.467 e. The van der Waals surface area contributed by atoms with E-state index in [-0.39, 0.29) is 19.0 Å². The number of rotatable bonds is 1. The first-order valence-corrected chi connectivity index (χ1v) is 6.84. The van der Waals surface area contributed by atoms with E-state index >= 15 is 0 Å². The summed E-state index contributed by atoms with van der Waals surface area (Å²) in [6, 6.07) is -0.803. The highest BCUT2D eigenvalue weighted by Gasteiger charge is 2.41. The lowest BCUT2D eigenvalue weighted by atomic mass is 10.0. The number of likely N-dealkylation sites (tertiary alicyclic amines) is 2. The number of carbonyl (C=O) groups is 2. The molecular weight excluding hydrogens is 248 g/mol. The lowest BCUT2D eigenvalue weighted by Crippen LogP contribution is -2.51. The van der Waals surface area contributed by atoms with E-state index in [9.17, 15) is 14.7 Å². The number of aliphatic hydroxyl groups is 1. The van der Waals surface area contributed by atoms with Crippen molar-refractivity contribution in [2.45, 2.75) is 38.3 Å². The first-order chi connectivity index (χ1) is 9.02. The lowest BCUT2D eigenvalue weighted by molar-refractivity contribution is -0.145. The Labute approximate surface area is 113 Å². The van der Waals surface area contributed by atoms with Crippen molar-refractivity contribution in [1.29, 1.82) is 0 Å². The first kappa shape index (κ1) is 14.1. The van der Waals surface area contributed by atoms with Gasteiger partial charge in [-0.3, -0.25) is 0 Å². The Morgan fingerprint density at radius 2 is 2.05 bits per heavy atom. The molecule has 108 valence electrons. The first-order valence-electron chi connectivity index (χ1n) is 6.84. The smallest absolute Gasteiger partial charge is 0.328 e. The molecule has 0 bridgehead atoms. The quantitative estimate of drug-likeness (QED) is 0.702. The standard InChI is InChI=1S/C13H22N2O4/c1-9-4-3-5-14(7-9)13(18)15-8-10(16)6-11(15)12(17)19-2/h9-11,16H,3-8H2,1-2H3. The third kappa shape index (κ3) is 3.00. The van der Waals surface area contributed by atoms with Crippen molar-refractivity contribution >= 4 is 12.0 Å². The summed E-state index contributed by atoms with van der Waals surface area (Å²) >= 11 is 0. The lowest BCUT2D eigenvalue weighted by Gasteiger charge is -2.35. The fourth-order valence-corrected chi connectivity index (χ4v) is 2.93. The normalized spacial score (nSPS) is 31.4. The molecule has 3 unspecified atom stereocenters. The fraction of sp³-hybridized carbons (Fsp3) is 0.846. The van der Waals surface area contributed by atoms with Gasteiger partial charge in [0.1, 0.15) is 6.04 Å². The molecule has 0 aliphatic carbocycles. The van der Waals surface area contributed by atoms with Crippen molar-refractivity contribution in [2.24, 2.45) is 5.92 Å². The number of amides is 2. The second-order valence-electron chi connectivity index (χ2n) is 5.56. The van der Waals surface area contributed by atoms with Gasteiger partial charge < -0.3 is 19.6 Å². The van der Waals surface area contributed by atoms with E-state index in [0.29, 0.717) is 5.92 Å². The highest BCUT2D eigenvalue weighted by Crippen LogP contribution is 2.23. The molecule has 0 aromatic carbocycles. The maximum Gasteiger partial charge on any atom is 0.328 e. The molecule has 2 rings (SSSR count). The van der Waals surface area contributed by atoms with Crippen molar-refractivity contribution in [3.8, 4) is 0 Å². The Balaban J connectivity index is 2.06. The van der Waals surface area contributed by atoms with Crippen molar-refractivity contribution < 1.29 is 19.4 Å². The predicted molar refractivity (Wildman–Crippen MR) is 68.5 cm³/mol. The van der Waals surface area contributed by atoms with Crippen LogP contribution in [0.25, 0.3) is 0 Å². The number of β-amino-alcohol motifs (C(OH)–C–C–N with tert-alkyl or cyclic N) is 1. The second kappa shape index (κ2) is 5.77. The zero-order valence-electron chi connectivity index (χ0n) is 11.5. The minimum absolute atomic E-state index is 0.154. The minimum atomic E-state index is -0.648. The number of methoxy groups -OCH3 is 1. The number of carbonyl (C=O) groups excluding carboxylic acids is 2. The molecule has 6 heteroatoms. The van der Waals surface area contributed by atoms with Crippen LogP contribution in [0.4, 0.5) is 4.79 Å². The predicted octanol–water partition coefficient (Wildman–Crippen LogP) is 0.446. The number of nitrogens with zero attached hydrogens (tertiary/aromatic N) is 2. The monoisotopic (exact) mass is 270 g/mol. The zero-order chi connectivity index (χ0) is 14.0. The summed E-state index contributed by atoms with van der Waals surface area (Å²) in [6.45, 7) is 3.78. The SMILES string of the molecule is COC(=O)C1CC(O)CN1C(=O)N1CCCC(C)C1. The van der Waals surface area contributed by atoms with E-state index in [2.05, 4.69) is 6.92 Å². The van der Waals surface area contributed by atoms with Gasteiger partial charge in [0.05, 0.1) is 13.2 Å². The maximum absolute atomic E-state index is 12.5. The summed E-state index contributed by atoms with van der Waals surface area (Å²) in [7, 11) is 1.30. The summed E-state index contributed by atoms with van der Waals surface area (Å²) < 4.78 is 4.71. The number of hydrogen-bond acceptors (Lipinski definition) is 4. The molecule has 2 aliphatic rings. The zero-order valence-corrected chi connectivity index (χ0v) is 11.5. The van der Waals surface area contributed by atoms with Gasteiger partial charge in [0.15, 0.2) is 0 Å². The van der Waals surface area contributed by atoms with Crippen LogP contribution in [0.3, 0.4) is 0 Å². The molecule has 0 spiro atoms. The van der Waals surface area contributed by atoms with Crippen LogP contribution < -0.4 is 0 Å². The molecule has 6 nitrogen and oxygen atoms in total. The van der Waals surface area contributed by atoms with Crippen LogP contribution in [-0.4, -0.2) is 65.8 Å². The highest BCUT2D eigenvalue weighted by molar-refractivity contribution is 5.84. The van der Waals surface area contributed by atoms with Crippen LogP contribution >= 0.6 is 0 Å². The van der Waals surface area contributed by atoms with Crippen molar-refractivity contribution in [3.63, 3.8) is 0 Å². The number of piperidine rings is 1. The van der Waals surface area contributed by atoms with Crippen molar-refractivity contribution in [1.82, 2.24) is 9.80 Å². The van der Waals surface area contributed by atoms with E-state index < -0.39 is 18.1 Å². The molecule has 2 heterocycles. The van der Waals surface area contributed by atoms with Crippen LogP contribution in [-0.2, 0) is 9.53 Å². The van der Waals surface area contributed by atoms with Gasteiger partial charge in [-0.1, -0.05) is 6.92 Å². The van der Waals surface area contributed by atoms with Gasteiger partial charge in [0.25, 0.3) is 0 Å². The molecule has 0 aromatic rings. The Morgan fingerprint density at radius 1 is 1.32 bits per heavy atom. The van der Waals surface area contributed by atoms with Gasteiger partial charge in [0, 0.05) is 26.1 Å². The molecule has 3 atom stereocenters. The molecule has 2 saturated heterocycles. The molecule has 0 aromatic heterocycles. The highest BCUT2D eigenvalue weighted by atomic mass is 16.5. The van der Waals surface area contributed by atoms with Crippen LogP contribution in [0.15, 0.2) is 0 Å². The van der Waals surface area contributed by atoms with Gasteiger partial charge in [-0.2, -0.15) is 0 Å². The molecule has 1 N–H and O–H groups in total. The van der Waals surface area contributed by atoms with Crippen molar-refractivity contribution in [3.05, 3.63) is 0 Å². The number of ether oxygens (including phenoxy) is 1. The molecule has 2 fully saturated rings. The van der Waals surface area contributed by atoms with Gasteiger partial charge in [-0.25, -0.2) is 9.59 Å². The average molecular weight is 270 g/mol. The number of hydrogen-bond donors (Lipinski definition) is 1. The summed E-state index contributed by atoms with van der Waals surface area (Å²) in [5.74, 6) is 0.0387. The molecular formula is C13H22N2O4. The Bertz CT molecular complexity index is 361. The van der Waals surface area contributed by atoms with E-state index in [1.54, 1.807) is 4.90 Å². The van der Waals surface area contributed by atoms with Crippen molar-refractivity contribution in [2.75, 3.05) is 26.7 Å². The van der Waals surface area contributed by atoms with Gasteiger partial charge in [0.2, 0.25) is 0 Å². The van der Waals surface area contributed by atoms with E-state index in [1.165, 1.54) is 12.0 Å². The number of urea groups is 1. The maximum atomic E-state index is 12.5. The third-order valence-electron chi connectivity index (χ3n) is 3.93. The fourth-order valence-electron chi connectivity index (χ4n) is 2.93. The summed E-state index contributed by atoms with van der Waals surface area (Å²) in [5, 5.41) is 9.69. The van der Waals surface area contributed by atoms with Gasteiger partial charge in [-0.15, -0.1) is 0 Å². The molecule has 2 amide bonds. The van der Waals surface area contributed by atoms with E-state index in [4.69, 9.17) is 4.74 Å². The van der Waals surface area contributed by atoms with Crippen LogP contribution in [0.2, 0.25) is 0 Å². The molecule has 0 radical (unpaired) electrons. The number of esters is 1. The second-order valence-corrected chi connectivity index (χ2v) is 5.56. The summed E-state index contributed by atoms with van der Waals surface area (Å²) in [5.41, 5.74) is 0. The molecule has 19 heavy (non-hydrogen) atoms. The molecule has 0 saturated carbocycles. The van der Waals surface area contributed by atoms with E-state index in [0.717, 1.165) is 25.9 Å². The Morgan fingerprint density at radius 3 is 2.68 bits per heavy atom. The molecule has 2 aliphatic heterocycles. The van der Waals surface area contributed by atoms with Gasteiger partial charge in [-0.05, 0) is 18.8 Å². The summed E-state index contributed by atoms with van der Waals surface area (Å²) in [4.78, 5) is 27.4. The average Bonchev–Trinajstić information content (AvgIpc) is 2.79. The van der Waals surface area contributed by atoms with Crippen LogP contribution in [0.1, 0.15) is 26.2 Å². The Hall–Kier alpha value is -1.30. The van der Waals surface area contributed by atoms with Gasteiger partial charge >= 0.3 is 12.0 Å². The third-order valence-corrected chi connectivity index (χ3v) is 3.93.